The predicted octanol–water partition coefficient (Wildman–Crippen LogP) is 3.97. The maximum Gasteiger partial charge on any atom is 0.202 e. The zero-order valence-electron chi connectivity index (χ0n) is 7.26. The van der Waals surface area contributed by atoms with Crippen molar-refractivity contribution in [2.75, 3.05) is 0 Å². The summed E-state index contributed by atoms with van der Waals surface area (Å²) < 4.78 is 0.107. The summed E-state index contributed by atoms with van der Waals surface area (Å²) >= 11 is 7.47. The van der Waals surface area contributed by atoms with Crippen molar-refractivity contribution in [2.24, 2.45) is 0 Å². The highest BCUT2D eigenvalue weighted by Crippen LogP contribution is 2.37. The second kappa shape index (κ2) is 4.66. The van der Waals surface area contributed by atoms with E-state index in [0.29, 0.717) is 6.71 Å². The van der Waals surface area contributed by atoms with E-state index < -0.39 is 0 Å². The first-order valence-corrected chi connectivity index (χ1v) is 5.96. The molecule has 0 nitrogen and oxygen atoms in total. The third kappa shape index (κ3) is 2.77. The van der Waals surface area contributed by atoms with Crippen LogP contribution in [0.4, 0.5) is 0 Å². The summed E-state index contributed by atoms with van der Waals surface area (Å²) in [5.74, 6) is 2.26. The van der Waals surface area contributed by atoms with Gasteiger partial charge in [-0.05, 0) is 12.7 Å². The SMILES string of the molecule is CCCC(Br)(Br)B1C=CC=CC1. The van der Waals surface area contributed by atoms with E-state index in [9.17, 15) is 0 Å². The van der Waals surface area contributed by atoms with E-state index in [1.807, 2.05) is 0 Å². The summed E-state index contributed by atoms with van der Waals surface area (Å²) in [5, 5.41) is 0. The summed E-state index contributed by atoms with van der Waals surface area (Å²) in [7, 11) is 0. The lowest BCUT2D eigenvalue weighted by molar-refractivity contribution is 0.840. The van der Waals surface area contributed by atoms with Crippen molar-refractivity contribution >= 4 is 38.6 Å². The van der Waals surface area contributed by atoms with Crippen LogP contribution in [0, 0.1) is 0 Å². The molecular weight excluding hydrogens is 279 g/mol. The zero-order valence-corrected chi connectivity index (χ0v) is 10.4. The molecule has 0 saturated carbocycles. The molecule has 1 aliphatic heterocycles. The summed E-state index contributed by atoms with van der Waals surface area (Å²) in [6, 6.07) is 0. The summed E-state index contributed by atoms with van der Waals surface area (Å²) in [5.41, 5.74) is 0. The molecule has 0 unspecified atom stereocenters. The molecule has 0 atom stereocenters. The molecule has 0 spiro atoms. The highest BCUT2D eigenvalue weighted by molar-refractivity contribution is 9.26. The van der Waals surface area contributed by atoms with Crippen molar-refractivity contribution in [3.63, 3.8) is 0 Å². The van der Waals surface area contributed by atoms with Crippen LogP contribution in [0.1, 0.15) is 19.8 Å². The van der Waals surface area contributed by atoms with Crippen LogP contribution in [0.15, 0.2) is 24.2 Å². The monoisotopic (exact) mass is 290 g/mol. The Labute approximate surface area is 91.8 Å². The van der Waals surface area contributed by atoms with Gasteiger partial charge in [-0.25, -0.2) is 0 Å². The Hall–Kier alpha value is 0.505. The van der Waals surface area contributed by atoms with Crippen molar-refractivity contribution in [1.29, 1.82) is 0 Å². The summed E-state index contributed by atoms with van der Waals surface area (Å²) in [6.45, 7) is 2.79. The predicted molar refractivity (Wildman–Crippen MR) is 64.3 cm³/mol. The van der Waals surface area contributed by atoms with Crippen molar-refractivity contribution in [2.45, 2.75) is 29.2 Å². The fourth-order valence-electron chi connectivity index (χ4n) is 1.41. The fourth-order valence-corrected chi connectivity index (χ4v) is 2.88. The Balaban J connectivity index is 2.56. The average Bonchev–Trinajstić information content (AvgIpc) is 2.06. The number of rotatable bonds is 3. The number of hydrogen-bond donors (Lipinski definition) is 0. The van der Waals surface area contributed by atoms with Gasteiger partial charge in [-0.15, -0.1) is 5.98 Å². The van der Waals surface area contributed by atoms with Crippen LogP contribution in [0.25, 0.3) is 0 Å². The molecule has 1 rings (SSSR count). The quantitative estimate of drug-likeness (QED) is 0.545. The Bertz CT molecular complexity index is 197. The third-order valence-electron chi connectivity index (χ3n) is 2.11. The van der Waals surface area contributed by atoms with Gasteiger partial charge < -0.3 is 0 Å². The normalized spacial score (nSPS) is 17.1. The van der Waals surface area contributed by atoms with Crippen molar-refractivity contribution in [3.05, 3.63) is 24.2 Å². The molecule has 0 aromatic heterocycles. The van der Waals surface area contributed by atoms with Crippen molar-refractivity contribution in [3.8, 4) is 0 Å². The molecule has 3 heteroatoms. The number of alkyl halides is 2. The average molecular weight is 292 g/mol. The highest BCUT2D eigenvalue weighted by atomic mass is 79.9. The first kappa shape index (κ1) is 10.6. The largest absolute Gasteiger partial charge is 0.202 e. The van der Waals surface area contributed by atoms with E-state index in [0.717, 1.165) is 12.7 Å². The molecule has 1 aliphatic rings. The maximum atomic E-state index is 3.74. The van der Waals surface area contributed by atoms with Crippen molar-refractivity contribution < 1.29 is 0 Å². The molecule has 0 saturated heterocycles. The van der Waals surface area contributed by atoms with E-state index in [1.54, 1.807) is 0 Å². The van der Waals surface area contributed by atoms with Crippen LogP contribution in [-0.4, -0.2) is 9.85 Å². The van der Waals surface area contributed by atoms with Gasteiger partial charge in [0, 0.05) is 0 Å². The van der Waals surface area contributed by atoms with E-state index in [4.69, 9.17) is 0 Å². The smallest absolute Gasteiger partial charge is 0.112 e. The van der Waals surface area contributed by atoms with Gasteiger partial charge in [0.25, 0.3) is 0 Å². The maximum absolute atomic E-state index is 3.74. The van der Waals surface area contributed by atoms with Gasteiger partial charge in [0.1, 0.15) is 0 Å². The first-order chi connectivity index (χ1) is 5.67. The lowest BCUT2D eigenvalue weighted by Gasteiger charge is -2.25. The van der Waals surface area contributed by atoms with Crippen LogP contribution in [0.2, 0.25) is 6.32 Å². The van der Waals surface area contributed by atoms with E-state index >= 15 is 0 Å². The minimum Gasteiger partial charge on any atom is -0.112 e. The number of hydrogen-bond acceptors (Lipinski definition) is 0. The molecule has 66 valence electrons. The molecular formula is C9H13BBr2. The lowest BCUT2D eigenvalue weighted by Crippen LogP contribution is -2.33. The van der Waals surface area contributed by atoms with Gasteiger partial charge in [0.2, 0.25) is 6.71 Å². The van der Waals surface area contributed by atoms with Gasteiger partial charge in [0.15, 0.2) is 0 Å². The first-order valence-electron chi connectivity index (χ1n) is 4.38. The molecule has 0 fully saturated rings. The topological polar surface area (TPSA) is 0 Å². The standard InChI is InChI=1S/C9H13BBr2/c1-2-6-9(11,12)10-7-4-3-5-8-10/h3-5,7H,2,6,8H2,1H3. The van der Waals surface area contributed by atoms with Crippen LogP contribution in [0.3, 0.4) is 0 Å². The van der Waals surface area contributed by atoms with E-state index in [2.05, 4.69) is 63.0 Å². The molecule has 0 bridgehead atoms. The third-order valence-corrected chi connectivity index (χ3v) is 4.08. The molecule has 0 aliphatic carbocycles. The number of halogens is 2. The Morgan fingerprint density at radius 3 is 2.67 bits per heavy atom. The highest BCUT2D eigenvalue weighted by Gasteiger charge is 2.33. The van der Waals surface area contributed by atoms with Crippen molar-refractivity contribution in [1.82, 2.24) is 0 Å². The zero-order chi connectivity index (χ0) is 9.03. The second-order valence-electron chi connectivity index (χ2n) is 3.17. The van der Waals surface area contributed by atoms with Crippen LogP contribution < -0.4 is 0 Å². The van der Waals surface area contributed by atoms with Crippen LogP contribution in [0.5, 0.6) is 0 Å². The Morgan fingerprint density at radius 1 is 1.42 bits per heavy atom. The van der Waals surface area contributed by atoms with Gasteiger partial charge in [-0.2, -0.15) is 0 Å². The molecule has 1 heterocycles. The van der Waals surface area contributed by atoms with E-state index in [1.165, 1.54) is 6.42 Å². The molecule has 0 aromatic rings. The number of allylic oxidation sites excluding steroid dienone is 3. The fraction of sp³-hybridized carbons (Fsp3) is 0.556. The Morgan fingerprint density at radius 2 is 2.17 bits per heavy atom. The second-order valence-corrected chi connectivity index (χ2v) is 7.06. The van der Waals surface area contributed by atoms with Gasteiger partial charge in [-0.3, -0.25) is 0 Å². The van der Waals surface area contributed by atoms with Crippen LogP contribution in [-0.2, 0) is 0 Å². The summed E-state index contributed by atoms with van der Waals surface area (Å²) in [4.78, 5) is 0. The molecule has 0 amide bonds. The van der Waals surface area contributed by atoms with Gasteiger partial charge >= 0.3 is 0 Å². The van der Waals surface area contributed by atoms with Crippen LogP contribution >= 0.6 is 31.9 Å². The molecule has 0 aromatic carbocycles. The van der Waals surface area contributed by atoms with E-state index in [-0.39, 0.29) is 3.13 Å². The molecule has 12 heavy (non-hydrogen) atoms. The molecule has 0 radical (unpaired) electrons. The summed E-state index contributed by atoms with van der Waals surface area (Å²) in [6.07, 6.45) is 9.95. The molecule has 0 N–H and O–H groups in total. The van der Waals surface area contributed by atoms with Gasteiger partial charge in [0.05, 0.1) is 3.13 Å². The minimum absolute atomic E-state index is 0.107. The lowest BCUT2D eigenvalue weighted by atomic mass is 9.43. The Kier molecular flexibility index (Phi) is 4.11. The minimum atomic E-state index is 0.107. The van der Waals surface area contributed by atoms with Gasteiger partial charge in [-0.1, -0.05) is 63.4 Å².